The molecular formula is C20H31N3O. The minimum Gasteiger partial charge on any atom is -0.353 e. The van der Waals surface area contributed by atoms with Crippen LogP contribution in [0, 0.1) is 5.92 Å². The molecule has 2 heterocycles. The van der Waals surface area contributed by atoms with Crippen LogP contribution in [0.15, 0.2) is 30.3 Å². The Hall–Kier alpha value is -1.39. The molecule has 3 rings (SSSR count). The van der Waals surface area contributed by atoms with Crippen LogP contribution in [-0.4, -0.2) is 42.5 Å². The molecule has 1 aromatic carbocycles. The zero-order chi connectivity index (χ0) is 16.9. The molecule has 2 N–H and O–H groups in total. The first-order valence-electron chi connectivity index (χ1n) is 9.46. The number of likely N-dealkylation sites (tertiary alicyclic amines) is 1. The number of amides is 1. The number of carbonyl (C=O) groups excluding carboxylic acids is 1. The standard InChI is InChI=1S/C20H31N3O/c1-15-14-18(8-11-21-15)20(24)22-19-9-12-23(13-10-19)16(2)17-6-4-3-5-7-17/h3-7,15-16,18-19,21H,8-14H2,1-2H3,(H,22,24)/t15-,16?,18-/m0/s1. The van der Waals surface area contributed by atoms with Gasteiger partial charge in [0, 0.05) is 37.1 Å². The molecule has 0 radical (unpaired) electrons. The second kappa shape index (κ2) is 8.13. The molecule has 2 fully saturated rings. The first kappa shape index (κ1) is 17.4. The second-order valence-electron chi connectivity index (χ2n) is 7.48. The summed E-state index contributed by atoms with van der Waals surface area (Å²) >= 11 is 0. The van der Waals surface area contributed by atoms with Crippen molar-refractivity contribution < 1.29 is 4.79 Å². The zero-order valence-electron chi connectivity index (χ0n) is 15.0. The maximum atomic E-state index is 12.5. The van der Waals surface area contributed by atoms with E-state index in [9.17, 15) is 4.79 Å². The van der Waals surface area contributed by atoms with E-state index in [-0.39, 0.29) is 11.8 Å². The number of hydrogen-bond donors (Lipinski definition) is 2. The minimum absolute atomic E-state index is 0.197. The molecule has 1 amide bonds. The smallest absolute Gasteiger partial charge is 0.223 e. The van der Waals surface area contributed by atoms with E-state index in [2.05, 4.69) is 59.7 Å². The third-order valence-electron chi connectivity index (χ3n) is 5.70. The highest BCUT2D eigenvalue weighted by Crippen LogP contribution is 2.24. The van der Waals surface area contributed by atoms with Gasteiger partial charge in [0.05, 0.1) is 0 Å². The molecule has 0 saturated carbocycles. The van der Waals surface area contributed by atoms with Gasteiger partial charge in [-0.05, 0) is 51.6 Å². The Balaban J connectivity index is 1.46. The summed E-state index contributed by atoms with van der Waals surface area (Å²) in [6.45, 7) is 7.53. The molecule has 1 aromatic rings. The van der Waals surface area contributed by atoms with Crippen LogP contribution in [0.25, 0.3) is 0 Å². The lowest BCUT2D eigenvalue weighted by Gasteiger charge is -2.37. The molecule has 0 spiro atoms. The monoisotopic (exact) mass is 329 g/mol. The number of nitrogens with zero attached hydrogens (tertiary/aromatic N) is 1. The fourth-order valence-electron chi connectivity index (χ4n) is 4.06. The Bertz CT molecular complexity index is 525. The van der Waals surface area contributed by atoms with E-state index in [1.165, 1.54) is 5.56 Å². The normalized spacial score (nSPS) is 27.6. The van der Waals surface area contributed by atoms with Crippen LogP contribution in [0.3, 0.4) is 0 Å². The van der Waals surface area contributed by atoms with Crippen LogP contribution in [0.4, 0.5) is 0 Å². The molecule has 2 aliphatic heterocycles. The van der Waals surface area contributed by atoms with E-state index in [0.29, 0.717) is 18.1 Å². The Labute approximate surface area is 146 Å². The van der Waals surface area contributed by atoms with Gasteiger partial charge in [-0.3, -0.25) is 9.69 Å². The average molecular weight is 329 g/mol. The van der Waals surface area contributed by atoms with E-state index in [1.807, 2.05) is 0 Å². The van der Waals surface area contributed by atoms with E-state index >= 15 is 0 Å². The number of piperidine rings is 2. The maximum absolute atomic E-state index is 12.5. The lowest BCUT2D eigenvalue weighted by Crippen LogP contribution is -2.49. The van der Waals surface area contributed by atoms with Crippen molar-refractivity contribution in [2.75, 3.05) is 19.6 Å². The highest BCUT2D eigenvalue weighted by atomic mass is 16.1. The Morgan fingerprint density at radius 2 is 1.92 bits per heavy atom. The van der Waals surface area contributed by atoms with Crippen LogP contribution < -0.4 is 10.6 Å². The molecule has 2 saturated heterocycles. The SMILES string of the molecule is CC(c1ccccc1)N1CCC(NC(=O)[C@H]2CCN[C@@H](C)C2)CC1. The van der Waals surface area contributed by atoms with Crippen molar-refractivity contribution in [2.24, 2.45) is 5.92 Å². The Morgan fingerprint density at radius 1 is 1.21 bits per heavy atom. The number of nitrogens with one attached hydrogen (secondary N) is 2. The molecule has 0 bridgehead atoms. The van der Waals surface area contributed by atoms with Crippen LogP contribution in [0.1, 0.15) is 51.1 Å². The molecular weight excluding hydrogens is 298 g/mol. The Morgan fingerprint density at radius 3 is 2.58 bits per heavy atom. The number of rotatable bonds is 4. The summed E-state index contributed by atoms with van der Waals surface area (Å²) in [4.78, 5) is 15.0. The summed E-state index contributed by atoms with van der Waals surface area (Å²) in [5.41, 5.74) is 1.38. The highest BCUT2D eigenvalue weighted by molar-refractivity contribution is 5.79. The van der Waals surface area contributed by atoms with Crippen molar-refractivity contribution in [2.45, 2.75) is 57.7 Å². The van der Waals surface area contributed by atoms with Crippen LogP contribution in [0.5, 0.6) is 0 Å². The van der Waals surface area contributed by atoms with Crippen molar-refractivity contribution in [3.8, 4) is 0 Å². The zero-order valence-corrected chi connectivity index (χ0v) is 15.0. The van der Waals surface area contributed by atoms with Gasteiger partial charge in [0.1, 0.15) is 0 Å². The van der Waals surface area contributed by atoms with Gasteiger partial charge in [-0.25, -0.2) is 0 Å². The largest absolute Gasteiger partial charge is 0.353 e. The molecule has 4 nitrogen and oxygen atoms in total. The second-order valence-corrected chi connectivity index (χ2v) is 7.48. The fraction of sp³-hybridized carbons (Fsp3) is 0.650. The molecule has 3 atom stereocenters. The lowest BCUT2D eigenvalue weighted by molar-refractivity contribution is -0.127. The van der Waals surface area contributed by atoms with E-state index < -0.39 is 0 Å². The molecule has 0 aliphatic carbocycles. The van der Waals surface area contributed by atoms with Crippen molar-refractivity contribution in [1.82, 2.24) is 15.5 Å². The van der Waals surface area contributed by atoms with Gasteiger partial charge in [-0.1, -0.05) is 30.3 Å². The topological polar surface area (TPSA) is 44.4 Å². The molecule has 0 aromatic heterocycles. The molecule has 4 heteroatoms. The third kappa shape index (κ3) is 4.37. The minimum atomic E-state index is 0.197. The predicted molar refractivity (Wildman–Crippen MR) is 97.8 cm³/mol. The van der Waals surface area contributed by atoms with Crippen molar-refractivity contribution >= 4 is 5.91 Å². The summed E-state index contributed by atoms with van der Waals surface area (Å²) in [7, 11) is 0. The summed E-state index contributed by atoms with van der Waals surface area (Å²) < 4.78 is 0. The van der Waals surface area contributed by atoms with Crippen LogP contribution in [-0.2, 0) is 4.79 Å². The molecule has 24 heavy (non-hydrogen) atoms. The van der Waals surface area contributed by atoms with E-state index in [0.717, 1.165) is 45.3 Å². The highest BCUT2D eigenvalue weighted by Gasteiger charge is 2.28. The van der Waals surface area contributed by atoms with Crippen LogP contribution in [0.2, 0.25) is 0 Å². The van der Waals surface area contributed by atoms with Gasteiger partial charge in [0.2, 0.25) is 5.91 Å². The first-order valence-corrected chi connectivity index (χ1v) is 9.46. The summed E-state index contributed by atoms with van der Waals surface area (Å²) in [6.07, 6.45) is 4.06. The summed E-state index contributed by atoms with van der Waals surface area (Å²) in [5, 5.41) is 6.73. The van der Waals surface area contributed by atoms with Gasteiger partial charge in [-0.15, -0.1) is 0 Å². The maximum Gasteiger partial charge on any atom is 0.223 e. The molecule has 2 aliphatic rings. The van der Waals surface area contributed by atoms with Crippen molar-refractivity contribution in [3.63, 3.8) is 0 Å². The van der Waals surface area contributed by atoms with Gasteiger partial charge in [0.15, 0.2) is 0 Å². The van der Waals surface area contributed by atoms with Crippen LogP contribution >= 0.6 is 0 Å². The van der Waals surface area contributed by atoms with E-state index in [4.69, 9.17) is 0 Å². The first-order chi connectivity index (χ1) is 11.6. The fourth-order valence-corrected chi connectivity index (χ4v) is 4.06. The van der Waals surface area contributed by atoms with Crippen molar-refractivity contribution in [1.29, 1.82) is 0 Å². The van der Waals surface area contributed by atoms with Gasteiger partial charge < -0.3 is 10.6 Å². The van der Waals surface area contributed by atoms with E-state index in [1.54, 1.807) is 0 Å². The number of benzene rings is 1. The van der Waals surface area contributed by atoms with Gasteiger partial charge in [0.25, 0.3) is 0 Å². The number of hydrogen-bond acceptors (Lipinski definition) is 3. The van der Waals surface area contributed by atoms with Crippen molar-refractivity contribution in [3.05, 3.63) is 35.9 Å². The van der Waals surface area contributed by atoms with Gasteiger partial charge >= 0.3 is 0 Å². The quantitative estimate of drug-likeness (QED) is 0.893. The summed E-state index contributed by atoms with van der Waals surface area (Å²) in [6, 6.07) is 12.0. The third-order valence-corrected chi connectivity index (χ3v) is 5.70. The van der Waals surface area contributed by atoms with Gasteiger partial charge in [-0.2, -0.15) is 0 Å². The molecule has 132 valence electrons. The lowest BCUT2D eigenvalue weighted by atomic mass is 9.91. The predicted octanol–water partition coefficient (Wildman–Crippen LogP) is 2.72. The molecule has 1 unspecified atom stereocenters. The number of carbonyl (C=O) groups is 1. The average Bonchev–Trinajstić information content (AvgIpc) is 2.62. The Kier molecular flexibility index (Phi) is 5.90. The summed E-state index contributed by atoms with van der Waals surface area (Å²) in [5.74, 6) is 0.473.